The molecule has 0 fully saturated rings. The summed E-state index contributed by atoms with van der Waals surface area (Å²) in [5.74, 6) is -0.803. The van der Waals surface area contributed by atoms with Gasteiger partial charge in [-0.25, -0.2) is 12.8 Å². The average Bonchev–Trinajstić information content (AvgIpc) is 2.70. The van der Waals surface area contributed by atoms with Crippen molar-refractivity contribution in [3.63, 3.8) is 0 Å². The molecule has 1 amide bonds. The number of hydrogen-bond donors (Lipinski definition) is 1. The Labute approximate surface area is 200 Å². The Morgan fingerprint density at radius 2 is 1.91 bits per heavy atom. The van der Waals surface area contributed by atoms with Gasteiger partial charge in [0.25, 0.3) is 5.91 Å². The van der Waals surface area contributed by atoms with Gasteiger partial charge in [-0.2, -0.15) is 0 Å². The van der Waals surface area contributed by atoms with E-state index in [4.69, 9.17) is 10.5 Å². The van der Waals surface area contributed by atoms with E-state index in [1.54, 1.807) is 50.2 Å². The first kappa shape index (κ1) is 24.1. The van der Waals surface area contributed by atoms with Crippen LogP contribution in [-0.2, 0) is 22.0 Å². The first-order chi connectivity index (χ1) is 15.1. The Bertz CT molecular complexity index is 1260. The first-order valence-corrected chi connectivity index (χ1v) is 12.5. The number of carbonyl (C=O) groups excluding carboxylic acids is 1. The van der Waals surface area contributed by atoms with Gasteiger partial charge < -0.3 is 10.5 Å². The number of halogens is 2. The Morgan fingerprint density at radius 3 is 2.56 bits per heavy atom. The van der Waals surface area contributed by atoms with Crippen molar-refractivity contribution in [2.24, 2.45) is 5.73 Å². The van der Waals surface area contributed by atoms with Crippen molar-refractivity contribution in [3.05, 3.63) is 86.5 Å². The molecule has 0 aliphatic carbocycles. The van der Waals surface area contributed by atoms with Gasteiger partial charge in [0.2, 0.25) is 0 Å². The smallest absolute Gasteiger partial charge is 0.252 e. The van der Waals surface area contributed by atoms with E-state index in [2.05, 4.69) is 4.98 Å². The number of rotatable bonds is 8. The molecular weight excluding hydrogens is 546 g/mol. The summed E-state index contributed by atoms with van der Waals surface area (Å²) >= 11 is 2.02. The highest BCUT2D eigenvalue weighted by molar-refractivity contribution is 14.1. The van der Waals surface area contributed by atoms with Crippen molar-refractivity contribution < 1.29 is 22.3 Å². The second-order valence-corrected chi connectivity index (χ2v) is 11.4. The number of nitrogens with zero attached hydrogens (tertiary/aromatic N) is 1. The number of aromatic nitrogens is 1. The zero-order valence-electron chi connectivity index (χ0n) is 17.5. The van der Waals surface area contributed by atoms with Gasteiger partial charge in [-0.05, 0) is 77.4 Å². The largest absolute Gasteiger partial charge is 0.455 e. The summed E-state index contributed by atoms with van der Waals surface area (Å²) in [6.07, 6.45) is 2.92. The Morgan fingerprint density at radius 1 is 1.16 bits per heavy atom. The van der Waals surface area contributed by atoms with Gasteiger partial charge in [-0.3, -0.25) is 9.78 Å². The fraction of sp³-hybridized carbons (Fsp3) is 0.217. The third-order valence-electron chi connectivity index (χ3n) is 4.84. The van der Waals surface area contributed by atoms with Crippen LogP contribution in [0.4, 0.5) is 4.39 Å². The Hall–Kier alpha value is -2.53. The van der Waals surface area contributed by atoms with E-state index in [0.29, 0.717) is 22.4 Å². The monoisotopic (exact) mass is 568 g/mol. The molecule has 0 aliphatic rings. The van der Waals surface area contributed by atoms with E-state index < -0.39 is 26.8 Å². The number of ether oxygens (including phenoxy) is 1. The number of amides is 1. The normalized spacial score (nSPS) is 11.5. The van der Waals surface area contributed by atoms with Crippen LogP contribution < -0.4 is 10.5 Å². The quantitative estimate of drug-likeness (QED) is 0.400. The van der Waals surface area contributed by atoms with E-state index in [1.807, 2.05) is 22.6 Å². The number of benzene rings is 2. The number of pyridine rings is 1. The minimum atomic E-state index is -3.29. The van der Waals surface area contributed by atoms with Gasteiger partial charge >= 0.3 is 0 Å². The molecule has 0 unspecified atom stereocenters. The van der Waals surface area contributed by atoms with Crippen LogP contribution in [0.5, 0.6) is 11.5 Å². The molecule has 0 aliphatic heterocycles. The van der Waals surface area contributed by atoms with Crippen LogP contribution in [0.15, 0.2) is 54.9 Å². The lowest BCUT2D eigenvalue weighted by molar-refractivity contribution is 0.0997. The van der Waals surface area contributed by atoms with Crippen molar-refractivity contribution in [3.8, 4) is 11.5 Å². The molecule has 0 saturated heterocycles. The highest BCUT2D eigenvalue weighted by Crippen LogP contribution is 2.29. The van der Waals surface area contributed by atoms with Gasteiger partial charge in [0.05, 0.1) is 22.8 Å². The second kappa shape index (κ2) is 9.95. The molecule has 2 N–H and O–H groups in total. The molecule has 0 atom stereocenters. The van der Waals surface area contributed by atoms with Crippen molar-refractivity contribution in [1.82, 2.24) is 4.98 Å². The zero-order valence-corrected chi connectivity index (χ0v) is 20.5. The molecule has 1 aromatic heterocycles. The topological polar surface area (TPSA) is 99.3 Å². The van der Waals surface area contributed by atoms with Crippen molar-refractivity contribution in [2.45, 2.75) is 31.3 Å². The Balaban J connectivity index is 1.93. The van der Waals surface area contributed by atoms with Gasteiger partial charge in [-0.1, -0.05) is 18.2 Å². The number of carbonyl (C=O) groups is 1. The number of primary amides is 1. The molecule has 2 aromatic carbocycles. The standard InChI is InChI=1S/C23H22FIN2O4S/c1-14(2)32(29,30)13-15-4-3-5-19(8-15)31-21-12-27-11-17(22(21)23(26)28)9-16-6-7-18(25)10-20(16)24/h3-8,10-12,14H,9,13H2,1-2H3,(H2,26,28). The Kier molecular flexibility index (Phi) is 7.50. The summed E-state index contributed by atoms with van der Waals surface area (Å²) in [7, 11) is -3.29. The van der Waals surface area contributed by atoms with Crippen LogP contribution in [0, 0.1) is 9.39 Å². The summed E-state index contributed by atoms with van der Waals surface area (Å²) in [5, 5.41) is -0.504. The molecule has 3 rings (SSSR count). The minimum Gasteiger partial charge on any atom is -0.455 e. The molecule has 0 saturated carbocycles. The average molecular weight is 568 g/mol. The third kappa shape index (κ3) is 5.83. The lowest BCUT2D eigenvalue weighted by Crippen LogP contribution is -2.16. The van der Waals surface area contributed by atoms with Crippen molar-refractivity contribution >= 4 is 38.3 Å². The van der Waals surface area contributed by atoms with Crippen LogP contribution >= 0.6 is 22.6 Å². The predicted octanol–water partition coefficient (Wildman–Crippen LogP) is 4.63. The summed E-state index contributed by atoms with van der Waals surface area (Å²) in [6, 6.07) is 11.4. The van der Waals surface area contributed by atoms with E-state index in [-0.39, 0.29) is 23.5 Å². The second-order valence-electron chi connectivity index (χ2n) is 7.55. The fourth-order valence-electron chi connectivity index (χ4n) is 3.07. The molecule has 6 nitrogen and oxygen atoms in total. The fourth-order valence-corrected chi connectivity index (χ4v) is 4.50. The van der Waals surface area contributed by atoms with E-state index in [0.717, 1.165) is 3.57 Å². The van der Waals surface area contributed by atoms with E-state index in [1.165, 1.54) is 18.5 Å². The molecule has 0 bridgehead atoms. The maximum Gasteiger partial charge on any atom is 0.252 e. The number of sulfone groups is 1. The lowest BCUT2D eigenvalue weighted by Gasteiger charge is -2.14. The molecule has 0 spiro atoms. The summed E-state index contributed by atoms with van der Waals surface area (Å²) < 4.78 is 45.4. The third-order valence-corrected chi connectivity index (χ3v) is 7.69. The highest BCUT2D eigenvalue weighted by Gasteiger charge is 2.20. The van der Waals surface area contributed by atoms with Gasteiger partial charge in [-0.15, -0.1) is 0 Å². The van der Waals surface area contributed by atoms with Crippen molar-refractivity contribution in [1.29, 1.82) is 0 Å². The molecule has 9 heteroatoms. The molecule has 168 valence electrons. The van der Waals surface area contributed by atoms with E-state index in [9.17, 15) is 17.6 Å². The van der Waals surface area contributed by atoms with Gasteiger partial charge in [0, 0.05) is 16.2 Å². The van der Waals surface area contributed by atoms with Gasteiger partial charge in [0.15, 0.2) is 15.6 Å². The predicted molar refractivity (Wildman–Crippen MR) is 129 cm³/mol. The summed E-state index contributed by atoms with van der Waals surface area (Å²) in [4.78, 5) is 16.4. The van der Waals surface area contributed by atoms with E-state index >= 15 is 0 Å². The highest BCUT2D eigenvalue weighted by atomic mass is 127. The molecule has 3 aromatic rings. The maximum atomic E-state index is 14.3. The SMILES string of the molecule is CC(C)S(=O)(=O)Cc1cccc(Oc2cncc(Cc3ccc(I)cc3F)c2C(N)=O)c1. The zero-order chi connectivity index (χ0) is 23.5. The molecule has 0 radical (unpaired) electrons. The van der Waals surface area contributed by atoms with Crippen LogP contribution in [0.2, 0.25) is 0 Å². The first-order valence-electron chi connectivity index (χ1n) is 9.76. The van der Waals surface area contributed by atoms with Crippen LogP contribution in [0.1, 0.15) is 40.9 Å². The van der Waals surface area contributed by atoms with Crippen molar-refractivity contribution in [2.75, 3.05) is 0 Å². The lowest BCUT2D eigenvalue weighted by atomic mass is 10.0. The van der Waals surface area contributed by atoms with Gasteiger partial charge in [0.1, 0.15) is 11.6 Å². The summed E-state index contributed by atoms with van der Waals surface area (Å²) in [6.45, 7) is 3.25. The van der Waals surface area contributed by atoms with Crippen LogP contribution in [0.25, 0.3) is 0 Å². The number of nitrogens with two attached hydrogens (primary N) is 1. The molecular formula is C23H22FIN2O4S. The minimum absolute atomic E-state index is 0.0955. The molecule has 1 heterocycles. The number of hydrogen-bond acceptors (Lipinski definition) is 5. The van der Waals surface area contributed by atoms with Crippen LogP contribution in [-0.4, -0.2) is 24.6 Å². The van der Waals surface area contributed by atoms with Crippen LogP contribution in [0.3, 0.4) is 0 Å². The summed E-state index contributed by atoms with van der Waals surface area (Å²) in [5.41, 5.74) is 7.08. The molecule has 32 heavy (non-hydrogen) atoms. The maximum absolute atomic E-state index is 14.3.